The molecule has 1 atom stereocenters. The van der Waals surface area contributed by atoms with Gasteiger partial charge in [0.1, 0.15) is 0 Å². The first-order valence-electron chi connectivity index (χ1n) is 8.80. The Kier molecular flexibility index (Phi) is 5.85. The first kappa shape index (κ1) is 17.8. The smallest absolute Gasteiger partial charge is 0.230 e. The summed E-state index contributed by atoms with van der Waals surface area (Å²) in [6.45, 7) is 5.12. The van der Waals surface area contributed by atoms with Crippen LogP contribution in [0.3, 0.4) is 0 Å². The van der Waals surface area contributed by atoms with Crippen LogP contribution in [0.25, 0.3) is 0 Å². The van der Waals surface area contributed by atoms with E-state index in [9.17, 15) is 4.79 Å². The number of thioether (sulfide) groups is 1. The number of rotatable bonds is 6. The van der Waals surface area contributed by atoms with Gasteiger partial charge in [-0.1, -0.05) is 12.1 Å². The Morgan fingerprint density at radius 1 is 1.21 bits per heavy atom. The van der Waals surface area contributed by atoms with Crippen LogP contribution in [0.2, 0.25) is 0 Å². The van der Waals surface area contributed by atoms with E-state index < -0.39 is 0 Å². The maximum Gasteiger partial charge on any atom is 0.230 e. The fourth-order valence-electron chi connectivity index (χ4n) is 4.03. The summed E-state index contributed by atoms with van der Waals surface area (Å²) in [5, 5.41) is 0. The number of hydrogen-bond acceptors (Lipinski definition) is 4. The summed E-state index contributed by atoms with van der Waals surface area (Å²) in [5.74, 6) is 0.353. The zero-order chi connectivity index (χ0) is 17.0. The molecule has 2 heterocycles. The van der Waals surface area contributed by atoms with Gasteiger partial charge in [-0.05, 0) is 49.8 Å². The Morgan fingerprint density at radius 3 is 2.71 bits per heavy atom. The Balaban J connectivity index is 1.61. The van der Waals surface area contributed by atoms with Crippen LogP contribution in [0.4, 0.5) is 0 Å². The first-order chi connectivity index (χ1) is 11.7. The van der Waals surface area contributed by atoms with Gasteiger partial charge >= 0.3 is 0 Å². The highest BCUT2D eigenvalue weighted by atomic mass is 32.2. The summed E-state index contributed by atoms with van der Waals surface area (Å²) in [4.78, 5) is 18.7. The largest absolute Gasteiger partial charge is 0.383 e. The molecule has 0 aromatic heterocycles. The third-order valence-corrected chi connectivity index (χ3v) is 6.13. The summed E-state index contributed by atoms with van der Waals surface area (Å²) in [6.07, 6.45) is 5.25. The van der Waals surface area contributed by atoms with Gasteiger partial charge in [0.2, 0.25) is 5.91 Å². The van der Waals surface area contributed by atoms with Crippen LogP contribution in [-0.4, -0.2) is 61.9 Å². The van der Waals surface area contributed by atoms with Gasteiger partial charge in [0, 0.05) is 38.2 Å². The maximum atomic E-state index is 13.0. The molecular formula is C19H28N2O2S. The second-order valence-electron chi connectivity index (χ2n) is 6.98. The molecule has 2 saturated heterocycles. The molecule has 4 nitrogen and oxygen atoms in total. The number of piperidine rings is 1. The predicted octanol–water partition coefficient (Wildman–Crippen LogP) is 2.87. The molecule has 0 radical (unpaired) electrons. The molecule has 1 aromatic carbocycles. The molecule has 2 aliphatic rings. The number of ether oxygens (including phenoxy) is 1. The van der Waals surface area contributed by atoms with Crippen LogP contribution in [0.1, 0.15) is 24.8 Å². The second kappa shape index (κ2) is 7.89. The molecule has 0 N–H and O–H groups in total. The third kappa shape index (κ3) is 3.79. The van der Waals surface area contributed by atoms with Crippen molar-refractivity contribution in [1.82, 2.24) is 9.80 Å². The van der Waals surface area contributed by atoms with Gasteiger partial charge in [-0.15, -0.1) is 11.8 Å². The molecular weight excluding hydrogens is 320 g/mol. The number of methoxy groups -OCH3 is 1. The summed E-state index contributed by atoms with van der Waals surface area (Å²) in [6, 6.07) is 8.79. The Hall–Kier alpha value is -1.04. The van der Waals surface area contributed by atoms with E-state index in [2.05, 4.69) is 35.4 Å². The molecule has 1 spiro atoms. The van der Waals surface area contributed by atoms with E-state index in [1.165, 1.54) is 10.5 Å². The van der Waals surface area contributed by atoms with Gasteiger partial charge in [0.15, 0.2) is 0 Å². The number of nitrogens with zero attached hydrogens (tertiary/aromatic N) is 2. The monoisotopic (exact) mass is 348 g/mol. The fourth-order valence-corrected chi connectivity index (χ4v) is 4.44. The lowest BCUT2D eigenvalue weighted by atomic mass is 9.78. The van der Waals surface area contributed by atoms with Crippen LogP contribution in [-0.2, 0) is 16.1 Å². The molecule has 1 aromatic rings. The second-order valence-corrected chi connectivity index (χ2v) is 7.86. The molecule has 2 aliphatic heterocycles. The minimum absolute atomic E-state index is 0.148. The first-order valence-corrected chi connectivity index (χ1v) is 10.0. The van der Waals surface area contributed by atoms with E-state index in [4.69, 9.17) is 4.74 Å². The van der Waals surface area contributed by atoms with Gasteiger partial charge in [-0.2, -0.15) is 0 Å². The van der Waals surface area contributed by atoms with Crippen LogP contribution in [0, 0.1) is 5.41 Å². The average Bonchev–Trinajstić information content (AvgIpc) is 3.01. The van der Waals surface area contributed by atoms with Crippen molar-refractivity contribution in [3.8, 4) is 0 Å². The van der Waals surface area contributed by atoms with Crippen molar-refractivity contribution in [3.05, 3.63) is 29.8 Å². The van der Waals surface area contributed by atoms with Gasteiger partial charge < -0.3 is 9.64 Å². The van der Waals surface area contributed by atoms with Gasteiger partial charge in [-0.25, -0.2) is 0 Å². The van der Waals surface area contributed by atoms with E-state index in [0.29, 0.717) is 12.5 Å². The minimum Gasteiger partial charge on any atom is -0.383 e. The molecule has 3 rings (SSSR count). The number of benzene rings is 1. The number of carbonyl (C=O) groups is 1. The van der Waals surface area contributed by atoms with Gasteiger partial charge in [-0.3, -0.25) is 9.69 Å². The van der Waals surface area contributed by atoms with Crippen LogP contribution >= 0.6 is 11.8 Å². The highest BCUT2D eigenvalue weighted by Crippen LogP contribution is 2.40. The molecule has 0 aliphatic carbocycles. The van der Waals surface area contributed by atoms with Crippen molar-refractivity contribution in [1.29, 1.82) is 0 Å². The SMILES string of the molecule is COCCN1CCCC2(CCN(Cc3ccc(SC)cc3)C2)C1=O. The normalized spacial score (nSPS) is 24.9. The molecule has 2 fully saturated rings. The molecule has 5 heteroatoms. The standard InChI is InChI=1S/C19H28N2O2S/c1-23-13-12-21-10-3-8-19(18(21)22)9-11-20(15-19)14-16-4-6-17(24-2)7-5-16/h4-7H,3,8-15H2,1-2H3. The third-order valence-electron chi connectivity index (χ3n) is 5.39. The van der Waals surface area contributed by atoms with Crippen LogP contribution in [0.15, 0.2) is 29.2 Å². The van der Waals surface area contributed by atoms with Crippen molar-refractivity contribution in [3.63, 3.8) is 0 Å². The lowest BCUT2D eigenvalue weighted by Gasteiger charge is -2.39. The Labute approximate surface area is 149 Å². The molecule has 1 amide bonds. The molecule has 0 saturated carbocycles. The van der Waals surface area contributed by atoms with Crippen LogP contribution in [0.5, 0.6) is 0 Å². The van der Waals surface area contributed by atoms with Gasteiger partial charge in [0.25, 0.3) is 0 Å². The van der Waals surface area contributed by atoms with E-state index >= 15 is 0 Å². The molecule has 24 heavy (non-hydrogen) atoms. The van der Waals surface area contributed by atoms with Crippen molar-refractivity contribution < 1.29 is 9.53 Å². The van der Waals surface area contributed by atoms with Crippen molar-refractivity contribution in [2.45, 2.75) is 30.7 Å². The lowest BCUT2D eigenvalue weighted by molar-refractivity contribution is -0.146. The quantitative estimate of drug-likeness (QED) is 0.740. The Bertz CT molecular complexity index is 563. The zero-order valence-electron chi connectivity index (χ0n) is 14.8. The highest BCUT2D eigenvalue weighted by molar-refractivity contribution is 7.98. The molecule has 132 valence electrons. The minimum atomic E-state index is -0.148. The van der Waals surface area contributed by atoms with E-state index in [0.717, 1.165) is 52.0 Å². The topological polar surface area (TPSA) is 32.8 Å². The molecule has 1 unspecified atom stereocenters. The summed E-state index contributed by atoms with van der Waals surface area (Å²) in [7, 11) is 1.70. The number of likely N-dealkylation sites (tertiary alicyclic amines) is 2. The van der Waals surface area contributed by atoms with Crippen molar-refractivity contribution in [2.75, 3.05) is 46.2 Å². The maximum absolute atomic E-state index is 13.0. The summed E-state index contributed by atoms with van der Waals surface area (Å²) < 4.78 is 5.16. The van der Waals surface area contributed by atoms with E-state index in [1.54, 1.807) is 18.9 Å². The van der Waals surface area contributed by atoms with Crippen molar-refractivity contribution >= 4 is 17.7 Å². The van der Waals surface area contributed by atoms with Crippen molar-refractivity contribution in [2.24, 2.45) is 5.41 Å². The Morgan fingerprint density at radius 2 is 2.00 bits per heavy atom. The number of carbonyl (C=O) groups excluding carboxylic acids is 1. The summed E-state index contributed by atoms with van der Waals surface area (Å²) in [5.41, 5.74) is 1.19. The lowest BCUT2D eigenvalue weighted by Crippen LogP contribution is -2.50. The van der Waals surface area contributed by atoms with E-state index in [-0.39, 0.29) is 5.41 Å². The summed E-state index contributed by atoms with van der Waals surface area (Å²) >= 11 is 1.77. The van der Waals surface area contributed by atoms with Gasteiger partial charge in [0.05, 0.1) is 12.0 Å². The highest BCUT2D eigenvalue weighted by Gasteiger charge is 2.47. The van der Waals surface area contributed by atoms with E-state index in [1.807, 2.05) is 4.90 Å². The fraction of sp³-hybridized carbons (Fsp3) is 0.632. The predicted molar refractivity (Wildman–Crippen MR) is 98.2 cm³/mol. The van der Waals surface area contributed by atoms with Crippen LogP contribution < -0.4 is 0 Å². The zero-order valence-corrected chi connectivity index (χ0v) is 15.6. The average molecular weight is 349 g/mol. The molecule has 0 bridgehead atoms. The number of amides is 1. The number of hydrogen-bond donors (Lipinski definition) is 0.